The molecule has 3 fully saturated rings. The molecule has 0 aliphatic heterocycles. The highest BCUT2D eigenvalue weighted by atomic mass is 16.5. The summed E-state index contributed by atoms with van der Waals surface area (Å²) in [7, 11) is 1.70. The average molecular weight is 141 g/mol. The maximum absolute atomic E-state index is 10.8. The van der Waals surface area contributed by atoms with Crippen LogP contribution in [-0.2, 0) is 9.53 Å². The molecule has 2 bridgehead atoms. The minimum atomic E-state index is -0.157. The fraction of sp³-hybridized carbons (Fsp3) is 0.857. The van der Waals surface area contributed by atoms with Gasteiger partial charge in [0, 0.05) is 7.11 Å². The molecule has 0 saturated heterocycles. The molecule has 10 heavy (non-hydrogen) atoms. The standard InChI is InChI=1S/C7H11NO2/c1-10-7-2-6(3-7,4-7)5(8)9/h2-4H2,1H3,(H2,8,9). The largest absolute Gasteiger partial charge is 0.378 e. The second-order valence-electron chi connectivity index (χ2n) is 3.56. The zero-order valence-corrected chi connectivity index (χ0v) is 6.02. The van der Waals surface area contributed by atoms with E-state index in [0.29, 0.717) is 0 Å². The molecule has 2 N–H and O–H groups in total. The number of ether oxygens (including phenoxy) is 1. The zero-order chi connectivity index (χ0) is 7.41. The molecule has 3 rings (SSSR count). The Morgan fingerprint density at radius 1 is 1.50 bits per heavy atom. The molecule has 56 valence electrons. The van der Waals surface area contributed by atoms with Gasteiger partial charge in [0.25, 0.3) is 0 Å². The van der Waals surface area contributed by atoms with Gasteiger partial charge in [-0.25, -0.2) is 0 Å². The summed E-state index contributed by atoms with van der Waals surface area (Å²) < 4.78 is 5.21. The van der Waals surface area contributed by atoms with E-state index in [0.717, 1.165) is 19.3 Å². The molecular formula is C7H11NO2. The maximum atomic E-state index is 10.8. The van der Waals surface area contributed by atoms with Gasteiger partial charge in [-0.15, -0.1) is 0 Å². The molecule has 1 amide bonds. The lowest BCUT2D eigenvalue weighted by Crippen LogP contribution is -2.72. The summed E-state index contributed by atoms with van der Waals surface area (Å²) in [5.74, 6) is -0.147. The number of nitrogens with two attached hydrogens (primary N) is 1. The van der Waals surface area contributed by atoms with Gasteiger partial charge in [0.2, 0.25) is 5.91 Å². The first-order valence-corrected chi connectivity index (χ1v) is 3.48. The van der Waals surface area contributed by atoms with Crippen LogP contribution in [0.2, 0.25) is 0 Å². The topological polar surface area (TPSA) is 52.3 Å². The third kappa shape index (κ3) is 0.440. The van der Waals surface area contributed by atoms with Crippen LogP contribution in [0, 0.1) is 5.41 Å². The molecule has 3 aliphatic rings. The maximum Gasteiger partial charge on any atom is 0.223 e. The van der Waals surface area contributed by atoms with Crippen LogP contribution >= 0.6 is 0 Å². The van der Waals surface area contributed by atoms with E-state index >= 15 is 0 Å². The summed E-state index contributed by atoms with van der Waals surface area (Å²) in [6, 6.07) is 0. The Morgan fingerprint density at radius 3 is 2.30 bits per heavy atom. The van der Waals surface area contributed by atoms with Crippen molar-refractivity contribution >= 4 is 5.91 Å². The lowest BCUT2D eigenvalue weighted by atomic mass is 9.41. The Morgan fingerprint density at radius 2 is 2.00 bits per heavy atom. The number of hydrogen-bond donors (Lipinski definition) is 1. The first kappa shape index (κ1) is 6.16. The third-order valence-corrected chi connectivity index (χ3v) is 2.94. The van der Waals surface area contributed by atoms with Crippen LogP contribution in [0.4, 0.5) is 0 Å². The van der Waals surface area contributed by atoms with Gasteiger partial charge in [0.05, 0.1) is 11.0 Å². The van der Waals surface area contributed by atoms with Crippen LogP contribution < -0.4 is 5.73 Å². The summed E-state index contributed by atoms with van der Waals surface area (Å²) >= 11 is 0. The molecule has 0 heterocycles. The van der Waals surface area contributed by atoms with Gasteiger partial charge in [-0.05, 0) is 19.3 Å². The molecule has 0 atom stereocenters. The summed E-state index contributed by atoms with van der Waals surface area (Å²) in [6.45, 7) is 0. The molecule has 0 aromatic heterocycles. The summed E-state index contributed by atoms with van der Waals surface area (Å²) in [6.07, 6.45) is 2.56. The second kappa shape index (κ2) is 1.37. The van der Waals surface area contributed by atoms with Gasteiger partial charge >= 0.3 is 0 Å². The number of rotatable bonds is 2. The smallest absolute Gasteiger partial charge is 0.223 e. The van der Waals surface area contributed by atoms with Crippen molar-refractivity contribution in [1.29, 1.82) is 0 Å². The van der Waals surface area contributed by atoms with E-state index in [2.05, 4.69) is 0 Å². The van der Waals surface area contributed by atoms with Gasteiger partial charge in [-0.1, -0.05) is 0 Å². The first-order valence-electron chi connectivity index (χ1n) is 3.48. The Balaban J connectivity index is 2.04. The highest BCUT2D eigenvalue weighted by molar-refractivity contribution is 5.85. The minimum Gasteiger partial charge on any atom is -0.378 e. The molecule has 3 saturated carbocycles. The van der Waals surface area contributed by atoms with Crippen molar-refractivity contribution in [2.75, 3.05) is 7.11 Å². The van der Waals surface area contributed by atoms with E-state index in [1.165, 1.54) is 0 Å². The van der Waals surface area contributed by atoms with E-state index in [1.807, 2.05) is 0 Å². The van der Waals surface area contributed by atoms with Crippen LogP contribution in [0.3, 0.4) is 0 Å². The molecule has 0 aromatic carbocycles. The normalized spacial score (nSPS) is 49.3. The zero-order valence-electron chi connectivity index (χ0n) is 6.02. The fourth-order valence-corrected chi connectivity index (χ4v) is 2.17. The second-order valence-corrected chi connectivity index (χ2v) is 3.56. The Bertz CT molecular complexity index is 180. The Labute approximate surface area is 59.5 Å². The van der Waals surface area contributed by atoms with Crippen molar-refractivity contribution in [3.63, 3.8) is 0 Å². The highest BCUT2D eigenvalue weighted by Gasteiger charge is 2.71. The molecular weight excluding hydrogens is 130 g/mol. The highest BCUT2D eigenvalue weighted by Crippen LogP contribution is 2.68. The van der Waals surface area contributed by atoms with Gasteiger partial charge in [-0.3, -0.25) is 4.79 Å². The van der Waals surface area contributed by atoms with Gasteiger partial charge in [0.15, 0.2) is 0 Å². The van der Waals surface area contributed by atoms with Gasteiger partial charge in [0.1, 0.15) is 0 Å². The number of carbonyl (C=O) groups is 1. The summed E-state index contributed by atoms with van der Waals surface area (Å²) in [5, 5.41) is 0. The lowest BCUT2D eigenvalue weighted by molar-refractivity contribution is -0.261. The molecule has 0 radical (unpaired) electrons. The van der Waals surface area contributed by atoms with E-state index in [9.17, 15) is 4.79 Å². The number of methoxy groups -OCH3 is 1. The van der Waals surface area contributed by atoms with Crippen LogP contribution in [0.15, 0.2) is 0 Å². The van der Waals surface area contributed by atoms with Crippen molar-refractivity contribution in [2.24, 2.45) is 11.1 Å². The van der Waals surface area contributed by atoms with Crippen molar-refractivity contribution in [3.05, 3.63) is 0 Å². The van der Waals surface area contributed by atoms with Crippen LogP contribution in [0.5, 0.6) is 0 Å². The van der Waals surface area contributed by atoms with Crippen molar-refractivity contribution < 1.29 is 9.53 Å². The predicted molar refractivity (Wildman–Crippen MR) is 35.2 cm³/mol. The number of hydrogen-bond acceptors (Lipinski definition) is 2. The van der Waals surface area contributed by atoms with Crippen LogP contribution in [0.1, 0.15) is 19.3 Å². The Kier molecular flexibility index (Phi) is 0.844. The number of primary amides is 1. The quantitative estimate of drug-likeness (QED) is 0.590. The van der Waals surface area contributed by atoms with E-state index in [4.69, 9.17) is 10.5 Å². The summed E-state index contributed by atoms with van der Waals surface area (Å²) in [4.78, 5) is 10.8. The van der Waals surface area contributed by atoms with Crippen LogP contribution in [0.25, 0.3) is 0 Å². The first-order chi connectivity index (χ1) is 4.63. The molecule has 3 aliphatic carbocycles. The minimum absolute atomic E-state index is 0.0506. The van der Waals surface area contributed by atoms with Gasteiger partial charge in [-0.2, -0.15) is 0 Å². The lowest BCUT2D eigenvalue weighted by Gasteiger charge is -2.67. The average Bonchev–Trinajstić information content (AvgIpc) is 1.57. The van der Waals surface area contributed by atoms with E-state index in [-0.39, 0.29) is 16.9 Å². The van der Waals surface area contributed by atoms with Crippen LogP contribution in [-0.4, -0.2) is 18.6 Å². The molecule has 0 unspecified atom stereocenters. The predicted octanol–water partition coefficient (Wildman–Crippen LogP) is 0.0408. The van der Waals surface area contributed by atoms with Crippen molar-refractivity contribution in [3.8, 4) is 0 Å². The third-order valence-electron chi connectivity index (χ3n) is 2.94. The fourth-order valence-electron chi connectivity index (χ4n) is 2.17. The molecule has 0 spiro atoms. The Hall–Kier alpha value is -0.570. The molecule has 3 nitrogen and oxygen atoms in total. The monoisotopic (exact) mass is 141 g/mol. The van der Waals surface area contributed by atoms with E-state index < -0.39 is 0 Å². The van der Waals surface area contributed by atoms with E-state index in [1.54, 1.807) is 7.11 Å². The van der Waals surface area contributed by atoms with Crippen molar-refractivity contribution in [1.82, 2.24) is 0 Å². The number of amides is 1. The summed E-state index contributed by atoms with van der Waals surface area (Å²) in [5.41, 5.74) is 5.08. The van der Waals surface area contributed by atoms with Gasteiger partial charge < -0.3 is 10.5 Å². The molecule has 0 aromatic rings. The van der Waals surface area contributed by atoms with Crippen molar-refractivity contribution in [2.45, 2.75) is 24.9 Å². The molecule has 3 heteroatoms. The number of carbonyl (C=O) groups excluding carboxylic acids is 1. The SMILES string of the molecule is COC12CC(C(N)=O)(C1)C2.